The summed E-state index contributed by atoms with van der Waals surface area (Å²) in [5, 5.41) is 0.623. The van der Waals surface area contributed by atoms with Crippen LogP contribution in [0.3, 0.4) is 0 Å². The van der Waals surface area contributed by atoms with Crippen LogP contribution >= 0.6 is 43.6 Å². The van der Waals surface area contributed by atoms with Gasteiger partial charge >= 0.3 is 0 Å². The van der Waals surface area contributed by atoms with Crippen molar-refractivity contribution in [2.45, 2.75) is 26.7 Å². The molecule has 3 aromatic rings. The predicted molar refractivity (Wildman–Crippen MR) is 150 cm³/mol. The van der Waals surface area contributed by atoms with E-state index in [-0.39, 0.29) is 5.91 Å². The minimum absolute atomic E-state index is 0.115. The molecule has 174 valence electrons. The molecule has 0 N–H and O–H groups in total. The Morgan fingerprint density at radius 3 is 2.18 bits per heavy atom. The van der Waals surface area contributed by atoms with Crippen LogP contribution in [0.4, 0.5) is 11.4 Å². The Balaban J connectivity index is 1.79. The molecule has 0 aliphatic carbocycles. The van der Waals surface area contributed by atoms with Crippen molar-refractivity contribution in [3.63, 3.8) is 0 Å². The lowest BCUT2D eigenvalue weighted by atomic mass is 10.1. The third-order valence-corrected chi connectivity index (χ3v) is 7.52. The maximum absolute atomic E-state index is 13.6. The summed E-state index contributed by atoms with van der Waals surface area (Å²) in [6.45, 7) is 4.24. The molecule has 1 aliphatic heterocycles. The summed E-state index contributed by atoms with van der Waals surface area (Å²) < 4.78 is 7.28. The molecule has 1 fully saturated rings. The summed E-state index contributed by atoms with van der Waals surface area (Å²) in [5.74, 6) is 0.555. The van der Waals surface area contributed by atoms with Crippen LogP contribution < -0.4 is 9.64 Å². The number of thioether (sulfide) groups is 1. The molecule has 4 nitrogen and oxygen atoms in total. The molecule has 4 rings (SSSR count). The van der Waals surface area contributed by atoms with E-state index in [0.29, 0.717) is 15.8 Å². The van der Waals surface area contributed by atoms with Crippen molar-refractivity contribution < 1.29 is 9.53 Å². The molecular formula is C27H24Br2N2O2S. The second-order valence-electron chi connectivity index (χ2n) is 7.70. The van der Waals surface area contributed by atoms with Gasteiger partial charge in [0.25, 0.3) is 5.91 Å². The molecule has 0 saturated carbocycles. The Morgan fingerprint density at radius 2 is 1.59 bits per heavy atom. The molecule has 1 heterocycles. The molecule has 3 aromatic carbocycles. The van der Waals surface area contributed by atoms with Gasteiger partial charge in [0.05, 0.1) is 27.9 Å². The van der Waals surface area contributed by atoms with Crippen LogP contribution in [-0.4, -0.2) is 18.2 Å². The van der Waals surface area contributed by atoms with Crippen LogP contribution in [0, 0.1) is 0 Å². The van der Waals surface area contributed by atoms with Gasteiger partial charge in [0.1, 0.15) is 5.75 Å². The number of anilines is 1. The van der Waals surface area contributed by atoms with Gasteiger partial charge in [-0.25, -0.2) is 4.99 Å². The Kier molecular flexibility index (Phi) is 7.96. The first-order valence-corrected chi connectivity index (χ1v) is 13.4. The normalized spacial score (nSPS) is 16.0. The number of benzene rings is 3. The number of hydrogen-bond donors (Lipinski definition) is 0. The van der Waals surface area contributed by atoms with Crippen LogP contribution in [-0.2, 0) is 17.6 Å². The van der Waals surface area contributed by atoms with Gasteiger partial charge in [0.15, 0.2) is 5.17 Å². The van der Waals surface area contributed by atoms with Gasteiger partial charge in [-0.05, 0) is 94.1 Å². The number of amides is 1. The number of aliphatic imine (C=N–C) groups is 1. The SMILES string of the molecule is CCc1ccc(N=C2SC(=Cc3cc(Br)cc(Br)c3OC)C(=O)N2c2ccc(CC)cc2)cc1. The Labute approximate surface area is 221 Å². The van der Waals surface area contributed by atoms with E-state index in [1.54, 1.807) is 12.0 Å². The summed E-state index contributed by atoms with van der Waals surface area (Å²) in [6.07, 6.45) is 3.77. The first-order valence-electron chi connectivity index (χ1n) is 11.0. The zero-order valence-electron chi connectivity index (χ0n) is 19.1. The van der Waals surface area contributed by atoms with E-state index in [1.807, 2.05) is 42.5 Å². The van der Waals surface area contributed by atoms with Crippen molar-refractivity contribution in [1.82, 2.24) is 0 Å². The fraction of sp³-hybridized carbons (Fsp3) is 0.185. The van der Waals surface area contributed by atoms with E-state index in [9.17, 15) is 4.79 Å². The predicted octanol–water partition coefficient (Wildman–Crippen LogP) is 8.15. The summed E-state index contributed by atoms with van der Waals surface area (Å²) >= 11 is 8.44. The lowest BCUT2D eigenvalue weighted by Gasteiger charge is -2.16. The maximum atomic E-state index is 13.6. The monoisotopic (exact) mass is 598 g/mol. The van der Waals surface area contributed by atoms with Crippen molar-refractivity contribution in [2.75, 3.05) is 12.0 Å². The van der Waals surface area contributed by atoms with Crippen molar-refractivity contribution >= 4 is 72.1 Å². The number of halogens is 2. The lowest BCUT2D eigenvalue weighted by molar-refractivity contribution is -0.113. The van der Waals surface area contributed by atoms with Gasteiger partial charge < -0.3 is 4.74 Å². The van der Waals surface area contributed by atoms with Gasteiger partial charge in [-0.3, -0.25) is 9.69 Å². The topological polar surface area (TPSA) is 41.9 Å². The highest BCUT2D eigenvalue weighted by Crippen LogP contribution is 2.40. The first-order chi connectivity index (χ1) is 16.4. The molecule has 1 amide bonds. The maximum Gasteiger partial charge on any atom is 0.271 e. The largest absolute Gasteiger partial charge is 0.495 e. The van der Waals surface area contributed by atoms with E-state index in [2.05, 4.69) is 70.0 Å². The minimum atomic E-state index is -0.115. The highest BCUT2D eigenvalue weighted by atomic mass is 79.9. The molecule has 0 spiro atoms. The molecule has 0 radical (unpaired) electrons. The van der Waals surface area contributed by atoms with E-state index < -0.39 is 0 Å². The quantitative estimate of drug-likeness (QED) is 0.268. The summed E-state index contributed by atoms with van der Waals surface area (Å²) in [7, 11) is 1.62. The molecular weight excluding hydrogens is 576 g/mol. The van der Waals surface area contributed by atoms with Gasteiger partial charge in [-0.2, -0.15) is 0 Å². The number of aryl methyl sites for hydroxylation is 2. The number of nitrogens with zero attached hydrogens (tertiary/aromatic N) is 2. The summed E-state index contributed by atoms with van der Waals surface area (Å²) in [5.41, 5.74) is 4.88. The van der Waals surface area contributed by atoms with E-state index >= 15 is 0 Å². The third-order valence-electron chi connectivity index (χ3n) is 5.51. The Hall–Kier alpha value is -2.35. The standard InChI is InChI=1S/C27H24Br2N2O2S/c1-4-17-6-10-21(11-7-17)30-27-31(22-12-8-18(5-2)9-13-22)26(32)24(34-27)15-19-14-20(28)16-23(29)25(19)33-3/h6-16H,4-5H2,1-3H3. The number of rotatable bonds is 6. The van der Waals surface area contributed by atoms with E-state index in [4.69, 9.17) is 9.73 Å². The Morgan fingerprint density at radius 1 is 0.971 bits per heavy atom. The number of methoxy groups -OCH3 is 1. The molecule has 1 aliphatic rings. The lowest BCUT2D eigenvalue weighted by Crippen LogP contribution is -2.28. The first kappa shape index (κ1) is 24.8. The molecule has 1 saturated heterocycles. The van der Waals surface area contributed by atoms with Crippen molar-refractivity contribution in [3.8, 4) is 5.75 Å². The summed E-state index contributed by atoms with van der Waals surface area (Å²) in [6, 6.07) is 20.0. The van der Waals surface area contributed by atoms with Gasteiger partial charge in [-0.15, -0.1) is 0 Å². The molecule has 7 heteroatoms. The molecule has 0 unspecified atom stereocenters. The number of carbonyl (C=O) groups is 1. The van der Waals surface area contributed by atoms with Crippen molar-refractivity contribution in [1.29, 1.82) is 0 Å². The number of carbonyl (C=O) groups excluding carboxylic acids is 1. The fourth-order valence-electron chi connectivity index (χ4n) is 3.62. The van der Waals surface area contributed by atoms with Gasteiger partial charge in [0.2, 0.25) is 0 Å². The number of amidine groups is 1. The van der Waals surface area contributed by atoms with Crippen LogP contribution in [0.15, 0.2) is 79.5 Å². The average molecular weight is 600 g/mol. The Bertz CT molecular complexity index is 1270. The van der Waals surface area contributed by atoms with Crippen molar-refractivity contribution in [3.05, 3.63) is 91.2 Å². The number of hydrogen-bond acceptors (Lipinski definition) is 4. The minimum Gasteiger partial charge on any atom is -0.495 e. The van der Waals surface area contributed by atoms with Crippen LogP contribution in [0.5, 0.6) is 5.75 Å². The van der Waals surface area contributed by atoms with E-state index in [1.165, 1.54) is 22.9 Å². The van der Waals surface area contributed by atoms with Crippen LogP contribution in [0.25, 0.3) is 6.08 Å². The smallest absolute Gasteiger partial charge is 0.271 e. The van der Waals surface area contributed by atoms with Gasteiger partial charge in [-0.1, -0.05) is 54.0 Å². The second-order valence-corrected chi connectivity index (χ2v) is 10.5. The average Bonchev–Trinajstić information content (AvgIpc) is 3.13. The van der Waals surface area contributed by atoms with Crippen LogP contribution in [0.1, 0.15) is 30.5 Å². The zero-order chi connectivity index (χ0) is 24.2. The van der Waals surface area contributed by atoms with E-state index in [0.717, 1.165) is 38.7 Å². The highest BCUT2D eigenvalue weighted by Gasteiger charge is 2.35. The summed E-state index contributed by atoms with van der Waals surface area (Å²) in [4.78, 5) is 20.7. The molecule has 0 atom stereocenters. The third kappa shape index (κ3) is 5.32. The second kappa shape index (κ2) is 10.9. The zero-order valence-corrected chi connectivity index (χ0v) is 23.1. The fourth-order valence-corrected chi connectivity index (χ4v) is 6.03. The number of ether oxygens (including phenoxy) is 1. The molecule has 0 aromatic heterocycles. The molecule has 0 bridgehead atoms. The highest BCUT2D eigenvalue weighted by molar-refractivity contribution is 9.11. The van der Waals surface area contributed by atoms with Gasteiger partial charge in [0, 0.05) is 10.0 Å². The van der Waals surface area contributed by atoms with Crippen molar-refractivity contribution in [2.24, 2.45) is 4.99 Å². The molecule has 34 heavy (non-hydrogen) atoms. The van der Waals surface area contributed by atoms with Crippen LogP contribution in [0.2, 0.25) is 0 Å².